The van der Waals surface area contributed by atoms with Crippen LogP contribution in [0, 0.1) is 13.8 Å². The first kappa shape index (κ1) is 22.7. The molecule has 1 amide bonds. The number of hydrogen-bond donors (Lipinski definition) is 1. The van der Waals surface area contributed by atoms with Crippen LogP contribution < -0.4 is 15.0 Å². The number of aryl methyl sites for hydroxylation is 2. The van der Waals surface area contributed by atoms with Gasteiger partial charge in [-0.2, -0.15) is 15.0 Å². The van der Waals surface area contributed by atoms with E-state index >= 15 is 0 Å². The minimum Gasteiger partial charge on any atom is -0.455 e. The molecule has 10 heteroatoms. The molecule has 2 aromatic heterocycles. The van der Waals surface area contributed by atoms with Crippen LogP contribution in [-0.4, -0.2) is 38.7 Å². The molecule has 3 heterocycles. The Hall–Kier alpha value is -3.46. The number of aromatic nitrogens is 4. The van der Waals surface area contributed by atoms with E-state index in [1.165, 1.54) is 4.90 Å². The summed E-state index contributed by atoms with van der Waals surface area (Å²) in [7, 11) is 0. The predicted octanol–water partition coefficient (Wildman–Crippen LogP) is 5.24. The van der Waals surface area contributed by atoms with Gasteiger partial charge in [-0.3, -0.25) is 4.98 Å². The standard InChI is InChI=1S/C23H25ClN6O3/c1-5-17-12-32-23(31)30(17)22-28-15(4)27-21(29-22)26-13(2)19-10-11-20(14(3)25-19)33-18-8-6-16(24)7-9-18/h6-11,13,17H,5,12H2,1-4H3,(H,26,27,28,29)/t13-,17?/m1/s1. The highest BCUT2D eigenvalue weighted by Crippen LogP contribution is 2.28. The first-order valence-corrected chi connectivity index (χ1v) is 11.1. The van der Waals surface area contributed by atoms with E-state index < -0.39 is 6.09 Å². The number of nitrogens with zero attached hydrogens (tertiary/aromatic N) is 5. The molecular weight excluding hydrogens is 444 g/mol. The van der Waals surface area contributed by atoms with Gasteiger partial charge in [0, 0.05) is 5.02 Å². The van der Waals surface area contributed by atoms with E-state index in [9.17, 15) is 4.79 Å². The molecule has 172 valence electrons. The minimum absolute atomic E-state index is 0.0953. The highest BCUT2D eigenvalue weighted by Gasteiger charge is 2.35. The van der Waals surface area contributed by atoms with Crippen LogP contribution in [-0.2, 0) is 4.74 Å². The number of hydrogen-bond acceptors (Lipinski definition) is 8. The average molecular weight is 469 g/mol. The van der Waals surface area contributed by atoms with Crippen molar-refractivity contribution in [1.82, 2.24) is 19.9 Å². The van der Waals surface area contributed by atoms with Gasteiger partial charge in [0.1, 0.15) is 23.9 Å². The zero-order chi connectivity index (χ0) is 23.5. The van der Waals surface area contributed by atoms with E-state index in [1.54, 1.807) is 31.2 Å². The van der Waals surface area contributed by atoms with Crippen molar-refractivity contribution in [2.75, 3.05) is 16.8 Å². The molecule has 1 N–H and O–H groups in total. The fraction of sp³-hybridized carbons (Fsp3) is 0.348. The van der Waals surface area contributed by atoms with Gasteiger partial charge < -0.3 is 14.8 Å². The van der Waals surface area contributed by atoms with Gasteiger partial charge in [0.05, 0.1) is 23.5 Å². The molecule has 0 aliphatic carbocycles. The summed E-state index contributed by atoms with van der Waals surface area (Å²) in [4.78, 5) is 31.5. The topological polar surface area (TPSA) is 102 Å². The molecule has 2 atom stereocenters. The van der Waals surface area contributed by atoms with Gasteiger partial charge in [-0.25, -0.2) is 9.69 Å². The third-order valence-electron chi connectivity index (χ3n) is 5.27. The van der Waals surface area contributed by atoms with Crippen molar-refractivity contribution in [1.29, 1.82) is 0 Å². The summed E-state index contributed by atoms with van der Waals surface area (Å²) in [6.07, 6.45) is 0.295. The van der Waals surface area contributed by atoms with E-state index in [1.807, 2.05) is 32.9 Å². The van der Waals surface area contributed by atoms with E-state index in [-0.39, 0.29) is 18.0 Å². The lowest BCUT2D eigenvalue weighted by atomic mass is 10.2. The van der Waals surface area contributed by atoms with Gasteiger partial charge in [0.15, 0.2) is 0 Å². The summed E-state index contributed by atoms with van der Waals surface area (Å²) >= 11 is 5.93. The van der Waals surface area contributed by atoms with Gasteiger partial charge in [-0.1, -0.05) is 18.5 Å². The van der Waals surface area contributed by atoms with E-state index in [0.29, 0.717) is 34.9 Å². The maximum atomic E-state index is 12.2. The SMILES string of the molecule is CCC1COC(=O)N1c1nc(C)nc(N[C@H](C)c2ccc(Oc3ccc(Cl)cc3)c(C)n2)n1. The Labute approximate surface area is 197 Å². The summed E-state index contributed by atoms with van der Waals surface area (Å²) < 4.78 is 11.1. The van der Waals surface area contributed by atoms with Crippen LogP contribution in [0.3, 0.4) is 0 Å². The zero-order valence-electron chi connectivity index (χ0n) is 18.9. The Morgan fingerprint density at radius 1 is 1.15 bits per heavy atom. The number of benzene rings is 1. The highest BCUT2D eigenvalue weighted by atomic mass is 35.5. The van der Waals surface area contributed by atoms with Crippen LogP contribution >= 0.6 is 11.6 Å². The number of carbonyl (C=O) groups is 1. The van der Waals surface area contributed by atoms with Crippen LogP contribution in [0.4, 0.5) is 16.7 Å². The Balaban J connectivity index is 1.50. The lowest BCUT2D eigenvalue weighted by Crippen LogP contribution is -2.34. The maximum Gasteiger partial charge on any atom is 0.417 e. The molecule has 0 saturated carbocycles. The summed E-state index contributed by atoms with van der Waals surface area (Å²) in [5.41, 5.74) is 1.54. The first-order valence-electron chi connectivity index (χ1n) is 10.7. The second-order valence-electron chi connectivity index (χ2n) is 7.76. The molecule has 1 fully saturated rings. The molecule has 0 spiro atoms. The number of cyclic esters (lactones) is 1. The van der Waals surface area contributed by atoms with Crippen LogP contribution in [0.2, 0.25) is 5.02 Å². The van der Waals surface area contributed by atoms with Crippen LogP contribution in [0.15, 0.2) is 36.4 Å². The van der Waals surface area contributed by atoms with E-state index in [4.69, 9.17) is 21.1 Å². The molecular formula is C23H25ClN6O3. The molecule has 33 heavy (non-hydrogen) atoms. The molecule has 0 radical (unpaired) electrons. The number of pyridine rings is 1. The summed E-state index contributed by atoms with van der Waals surface area (Å²) in [5.74, 6) is 2.48. The lowest BCUT2D eigenvalue weighted by Gasteiger charge is -2.20. The monoisotopic (exact) mass is 468 g/mol. The summed E-state index contributed by atoms with van der Waals surface area (Å²) in [6.45, 7) is 7.92. The third-order valence-corrected chi connectivity index (χ3v) is 5.52. The van der Waals surface area contributed by atoms with Crippen molar-refractivity contribution in [2.45, 2.75) is 46.2 Å². The number of nitrogens with one attached hydrogen (secondary N) is 1. The normalized spacial score (nSPS) is 16.5. The Bertz CT molecular complexity index is 1160. The Morgan fingerprint density at radius 2 is 1.91 bits per heavy atom. The Morgan fingerprint density at radius 3 is 2.61 bits per heavy atom. The number of ether oxygens (including phenoxy) is 2. The number of amides is 1. The van der Waals surface area contributed by atoms with Crippen LogP contribution in [0.1, 0.15) is 43.5 Å². The fourth-order valence-electron chi connectivity index (χ4n) is 3.46. The number of carbonyl (C=O) groups excluding carboxylic acids is 1. The highest BCUT2D eigenvalue weighted by molar-refractivity contribution is 6.30. The van der Waals surface area contributed by atoms with Gasteiger partial charge in [0.2, 0.25) is 11.9 Å². The molecule has 3 aromatic rings. The number of rotatable bonds is 7. The minimum atomic E-state index is -0.444. The largest absolute Gasteiger partial charge is 0.455 e. The maximum absolute atomic E-state index is 12.2. The molecule has 1 unspecified atom stereocenters. The molecule has 0 bridgehead atoms. The average Bonchev–Trinajstić information content (AvgIpc) is 3.16. The molecule has 1 aromatic carbocycles. The van der Waals surface area contributed by atoms with Crippen molar-refractivity contribution in [3.8, 4) is 11.5 Å². The smallest absolute Gasteiger partial charge is 0.417 e. The Kier molecular flexibility index (Phi) is 6.60. The van der Waals surface area contributed by atoms with Crippen molar-refractivity contribution >= 4 is 29.6 Å². The second kappa shape index (κ2) is 9.58. The molecule has 9 nitrogen and oxygen atoms in total. The van der Waals surface area contributed by atoms with E-state index in [2.05, 4.69) is 25.3 Å². The first-order chi connectivity index (χ1) is 15.8. The van der Waals surface area contributed by atoms with Crippen molar-refractivity contribution in [3.05, 3.63) is 58.6 Å². The lowest BCUT2D eigenvalue weighted by molar-refractivity contribution is 0.178. The van der Waals surface area contributed by atoms with Crippen LogP contribution in [0.25, 0.3) is 0 Å². The molecule has 1 aliphatic heterocycles. The van der Waals surface area contributed by atoms with Crippen LogP contribution in [0.5, 0.6) is 11.5 Å². The third kappa shape index (κ3) is 5.14. The van der Waals surface area contributed by atoms with Gasteiger partial charge in [-0.05, 0) is 63.6 Å². The zero-order valence-corrected chi connectivity index (χ0v) is 19.6. The van der Waals surface area contributed by atoms with Gasteiger partial charge in [0.25, 0.3) is 0 Å². The van der Waals surface area contributed by atoms with Crippen molar-refractivity contribution in [3.63, 3.8) is 0 Å². The predicted molar refractivity (Wildman–Crippen MR) is 125 cm³/mol. The van der Waals surface area contributed by atoms with E-state index in [0.717, 1.165) is 17.8 Å². The summed E-state index contributed by atoms with van der Waals surface area (Å²) in [6, 6.07) is 10.6. The molecule has 1 saturated heterocycles. The quantitative estimate of drug-likeness (QED) is 0.502. The van der Waals surface area contributed by atoms with Gasteiger partial charge >= 0.3 is 6.09 Å². The number of halogens is 1. The fourth-order valence-corrected chi connectivity index (χ4v) is 3.59. The van der Waals surface area contributed by atoms with Crippen molar-refractivity contribution in [2.24, 2.45) is 0 Å². The van der Waals surface area contributed by atoms with Crippen molar-refractivity contribution < 1.29 is 14.3 Å². The van der Waals surface area contributed by atoms with Gasteiger partial charge in [-0.15, -0.1) is 0 Å². The second-order valence-corrected chi connectivity index (χ2v) is 8.19. The summed E-state index contributed by atoms with van der Waals surface area (Å²) in [5, 5.41) is 3.90. The number of anilines is 2. The molecule has 4 rings (SSSR count). The molecule has 1 aliphatic rings.